The Kier molecular flexibility index (Phi) is 5.88. The van der Waals surface area contributed by atoms with Crippen LogP contribution in [0.15, 0.2) is 24.3 Å². The van der Waals surface area contributed by atoms with Gasteiger partial charge in [-0.3, -0.25) is 5.32 Å². The highest BCUT2D eigenvalue weighted by atomic mass is 16.5. The summed E-state index contributed by atoms with van der Waals surface area (Å²) in [6, 6.07) is 11.1. The van der Waals surface area contributed by atoms with Crippen molar-refractivity contribution in [2.24, 2.45) is 0 Å². The van der Waals surface area contributed by atoms with Gasteiger partial charge in [-0.1, -0.05) is 25.5 Å². The van der Waals surface area contributed by atoms with Gasteiger partial charge in [0.1, 0.15) is 5.75 Å². The van der Waals surface area contributed by atoms with Gasteiger partial charge >= 0.3 is 0 Å². The number of hydrogen-bond acceptors (Lipinski definition) is 3. The highest BCUT2D eigenvalue weighted by Gasteiger charge is 2.24. The van der Waals surface area contributed by atoms with E-state index in [1.165, 1.54) is 31.2 Å². The molecule has 1 atom stereocenters. The maximum Gasteiger partial charge on any atom is 0.119 e. The summed E-state index contributed by atoms with van der Waals surface area (Å²) in [5.41, 5.74) is 1.37. The number of ether oxygens (including phenoxy) is 1. The fourth-order valence-corrected chi connectivity index (χ4v) is 2.15. The van der Waals surface area contributed by atoms with Crippen LogP contribution in [-0.4, -0.2) is 18.7 Å². The lowest BCUT2D eigenvalue weighted by Gasteiger charge is -2.12. The van der Waals surface area contributed by atoms with Gasteiger partial charge in [0.25, 0.3) is 0 Å². The minimum Gasteiger partial charge on any atom is -0.493 e. The zero-order valence-corrected chi connectivity index (χ0v) is 12.3. The molecule has 0 heterocycles. The van der Waals surface area contributed by atoms with Gasteiger partial charge in [0, 0.05) is 12.5 Å². The molecule has 0 bridgehead atoms. The molecule has 2 rings (SSSR count). The van der Waals surface area contributed by atoms with E-state index in [2.05, 4.69) is 30.4 Å². The largest absolute Gasteiger partial charge is 0.493 e. The summed E-state index contributed by atoms with van der Waals surface area (Å²) in [7, 11) is 0. The number of benzene rings is 1. The first-order valence-electron chi connectivity index (χ1n) is 7.69. The lowest BCUT2D eigenvalue weighted by molar-refractivity contribution is 0.297. The molecule has 1 aromatic rings. The number of aryl methyl sites for hydroxylation is 1. The van der Waals surface area contributed by atoms with E-state index in [4.69, 9.17) is 10.00 Å². The van der Waals surface area contributed by atoms with Crippen LogP contribution >= 0.6 is 0 Å². The molecule has 1 fully saturated rings. The van der Waals surface area contributed by atoms with Crippen LogP contribution in [0.25, 0.3) is 0 Å². The SMILES string of the molecule is CCCCc1ccc(OCCC(C#N)NC2CC2)cc1. The second-order valence-electron chi connectivity index (χ2n) is 5.51. The van der Waals surface area contributed by atoms with Crippen molar-refractivity contribution < 1.29 is 4.74 Å². The van der Waals surface area contributed by atoms with Crippen LogP contribution in [0, 0.1) is 11.3 Å². The molecule has 1 aromatic carbocycles. The maximum atomic E-state index is 9.05. The Morgan fingerprint density at radius 2 is 2.10 bits per heavy atom. The summed E-state index contributed by atoms with van der Waals surface area (Å²) in [6.07, 6.45) is 6.75. The Hall–Kier alpha value is -1.53. The van der Waals surface area contributed by atoms with E-state index in [9.17, 15) is 0 Å². The summed E-state index contributed by atoms with van der Waals surface area (Å²) in [5.74, 6) is 0.897. The minimum absolute atomic E-state index is 0.0775. The van der Waals surface area contributed by atoms with Crippen molar-refractivity contribution in [3.8, 4) is 11.8 Å². The zero-order chi connectivity index (χ0) is 14.2. The van der Waals surface area contributed by atoms with Crippen LogP contribution in [0.2, 0.25) is 0 Å². The molecule has 0 aromatic heterocycles. The van der Waals surface area contributed by atoms with Gasteiger partial charge < -0.3 is 4.74 Å². The standard InChI is InChI=1S/C17H24N2O/c1-2-3-4-14-5-9-17(10-6-14)20-12-11-16(13-18)19-15-7-8-15/h5-6,9-10,15-16,19H,2-4,7-8,11-12H2,1H3. The molecule has 20 heavy (non-hydrogen) atoms. The zero-order valence-electron chi connectivity index (χ0n) is 12.3. The van der Waals surface area contributed by atoms with E-state index in [-0.39, 0.29) is 6.04 Å². The Morgan fingerprint density at radius 3 is 2.70 bits per heavy atom. The van der Waals surface area contributed by atoms with E-state index in [0.29, 0.717) is 12.6 Å². The maximum absolute atomic E-state index is 9.05. The van der Waals surface area contributed by atoms with E-state index in [1.807, 2.05) is 12.1 Å². The Bertz CT molecular complexity index is 431. The van der Waals surface area contributed by atoms with Crippen molar-refractivity contribution in [2.75, 3.05) is 6.61 Å². The predicted molar refractivity (Wildman–Crippen MR) is 80.7 cm³/mol. The normalized spacial score (nSPS) is 15.6. The van der Waals surface area contributed by atoms with Crippen LogP contribution in [0.4, 0.5) is 0 Å². The third-order valence-corrected chi connectivity index (χ3v) is 3.59. The van der Waals surface area contributed by atoms with Gasteiger partial charge in [0.15, 0.2) is 0 Å². The quantitative estimate of drug-likeness (QED) is 0.749. The average Bonchev–Trinajstić information content (AvgIpc) is 3.29. The van der Waals surface area contributed by atoms with Crippen LogP contribution < -0.4 is 10.1 Å². The fraction of sp³-hybridized carbons (Fsp3) is 0.588. The minimum atomic E-state index is -0.0775. The molecule has 0 saturated heterocycles. The number of hydrogen-bond donors (Lipinski definition) is 1. The molecule has 1 unspecified atom stereocenters. The summed E-state index contributed by atoms with van der Waals surface area (Å²) in [4.78, 5) is 0. The molecular weight excluding hydrogens is 248 g/mol. The van der Waals surface area contributed by atoms with Crippen LogP contribution in [0.1, 0.15) is 44.6 Å². The molecule has 0 amide bonds. The molecule has 0 spiro atoms. The first-order valence-corrected chi connectivity index (χ1v) is 7.69. The van der Waals surface area contributed by atoms with Gasteiger partial charge in [-0.05, 0) is 43.4 Å². The monoisotopic (exact) mass is 272 g/mol. The van der Waals surface area contributed by atoms with Crippen molar-refractivity contribution >= 4 is 0 Å². The molecule has 1 N–H and O–H groups in total. The Balaban J connectivity index is 1.68. The number of nitrogens with zero attached hydrogens (tertiary/aromatic N) is 1. The lowest BCUT2D eigenvalue weighted by Crippen LogP contribution is -2.31. The third kappa shape index (κ3) is 5.22. The molecule has 108 valence electrons. The van der Waals surface area contributed by atoms with Gasteiger partial charge in [-0.25, -0.2) is 0 Å². The van der Waals surface area contributed by atoms with Crippen LogP contribution in [0.3, 0.4) is 0 Å². The van der Waals surface area contributed by atoms with Crippen molar-refractivity contribution in [1.82, 2.24) is 5.32 Å². The average molecular weight is 272 g/mol. The number of nitrogens with one attached hydrogen (secondary N) is 1. The Labute approximate surface area is 121 Å². The van der Waals surface area contributed by atoms with Gasteiger partial charge in [0.2, 0.25) is 0 Å². The molecule has 0 radical (unpaired) electrons. The third-order valence-electron chi connectivity index (χ3n) is 3.59. The van der Waals surface area contributed by atoms with Crippen molar-refractivity contribution in [3.63, 3.8) is 0 Å². The molecular formula is C17H24N2O. The summed E-state index contributed by atoms with van der Waals surface area (Å²) < 4.78 is 5.71. The first-order chi connectivity index (χ1) is 9.81. The second-order valence-corrected chi connectivity index (χ2v) is 5.51. The second kappa shape index (κ2) is 7.91. The molecule has 1 saturated carbocycles. The summed E-state index contributed by atoms with van der Waals surface area (Å²) in [6.45, 7) is 2.80. The molecule has 3 heteroatoms. The highest BCUT2D eigenvalue weighted by Crippen LogP contribution is 2.20. The van der Waals surface area contributed by atoms with Gasteiger partial charge in [-0.2, -0.15) is 5.26 Å². The summed E-state index contributed by atoms with van der Waals surface area (Å²) in [5, 5.41) is 12.4. The number of unbranched alkanes of at least 4 members (excludes halogenated alkanes) is 1. The van der Waals surface area contributed by atoms with Gasteiger partial charge in [0.05, 0.1) is 18.7 Å². The highest BCUT2D eigenvalue weighted by molar-refractivity contribution is 5.27. The molecule has 3 nitrogen and oxygen atoms in total. The summed E-state index contributed by atoms with van der Waals surface area (Å²) >= 11 is 0. The molecule has 1 aliphatic rings. The lowest BCUT2D eigenvalue weighted by atomic mass is 10.1. The topological polar surface area (TPSA) is 45.0 Å². The van der Waals surface area contributed by atoms with Gasteiger partial charge in [-0.15, -0.1) is 0 Å². The number of nitriles is 1. The first kappa shape index (κ1) is 14.9. The van der Waals surface area contributed by atoms with Crippen LogP contribution in [-0.2, 0) is 6.42 Å². The van der Waals surface area contributed by atoms with Crippen LogP contribution in [0.5, 0.6) is 5.75 Å². The van der Waals surface area contributed by atoms with Crippen molar-refractivity contribution in [3.05, 3.63) is 29.8 Å². The fourth-order valence-electron chi connectivity index (χ4n) is 2.15. The molecule has 1 aliphatic carbocycles. The van der Waals surface area contributed by atoms with E-state index in [1.54, 1.807) is 0 Å². The predicted octanol–water partition coefficient (Wildman–Crippen LogP) is 3.44. The number of rotatable bonds is 9. The Morgan fingerprint density at radius 1 is 1.35 bits per heavy atom. The van der Waals surface area contributed by atoms with Crippen molar-refractivity contribution in [1.29, 1.82) is 5.26 Å². The van der Waals surface area contributed by atoms with Crippen molar-refractivity contribution in [2.45, 2.75) is 57.5 Å². The smallest absolute Gasteiger partial charge is 0.119 e. The van der Waals surface area contributed by atoms with E-state index >= 15 is 0 Å². The van der Waals surface area contributed by atoms with E-state index in [0.717, 1.165) is 18.6 Å². The molecule has 0 aliphatic heterocycles. The van der Waals surface area contributed by atoms with E-state index < -0.39 is 0 Å².